The minimum absolute atomic E-state index is 0.0194. The molecule has 1 fully saturated rings. The maximum Gasteiger partial charge on any atom is 0.376 e. The Hall–Kier alpha value is -1.29. The molecule has 0 bridgehead atoms. The molecule has 1 saturated carbocycles. The Kier molecular flexibility index (Phi) is 5.05. The van der Waals surface area contributed by atoms with Gasteiger partial charge in [0.2, 0.25) is 0 Å². The van der Waals surface area contributed by atoms with E-state index in [9.17, 15) is 9.36 Å². The van der Waals surface area contributed by atoms with E-state index in [0.29, 0.717) is 22.3 Å². The van der Waals surface area contributed by atoms with Gasteiger partial charge >= 0.3 is 13.2 Å². The van der Waals surface area contributed by atoms with Crippen LogP contribution in [0.2, 0.25) is 5.02 Å². The maximum absolute atomic E-state index is 12.6. The molecule has 0 unspecified atom stereocenters. The second-order valence-electron chi connectivity index (χ2n) is 6.21. The lowest BCUT2D eigenvalue weighted by molar-refractivity contribution is 0.140. The Morgan fingerprint density at radius 2 is 1.96 bits per heavy atom. The summed E-state index contributed by atoms with van der Waals surface area (Å²) < 4.78 is 29.0. The minimum atomic E-state index is -3.24. The SMILES string of the molecule is Cc1c(Cl)c(=O)oc2cc(O[P@@](C)(=O)OC3CCCCC3)ccc12. The topological polar surface area (TPSA) is 65.7 Å². The first-order valence-corrected chi connectivity index (χ1v) is 10.4. The van der Waals surface area contributed by atoms with Gasteiger partial charge in [-0.2, -0.15) is 0 Å². The Morgan fingerprint density at radius 1 is 1.25 bits per heavy atom. The van der Waals surface area contributed by atoms with E-state index in [-0.39, 0.29) is 11.1 Å². The van der Waals surface area contributed by atoms with Gasteiger partial charge in [0.15, 0.2) is 0 Å². The molecule has 0 spiro atoms. The first kappa shape index (κ1) is 17.5. The highest BCUT2D eigenvalue weighted by atomic mass is 35.5. The summed E-state index contributed by atoms with van der Waals surface area (Å²) in [6.45, 7) is 3.22. The number of fused-ring (bicyclic) bond motifs is 1. The van der Waals surface area contributed by atoms with Crippen molar-refractivity contribution in [2.75, 3.05) is 6.66 Å². The highest BCUT2D eigenvalue weighted by molar-refractivity contribution is 7.53. The Balaban J connectivity index is 1.83. The fourth-order valence-corrected chi connectivity index (χ4v) is 4.46. The van der Waals surface area contributed by atoms with Gasteiger partial charge in [0, 0.05) is 18.1 Å². The lowest BCUT2D eigenvalue weighted by Gasteiger charge is -2.25. The highest BCUT2D eigenvalue weighted by Gasteiger charge is 2.26. The van der Waals surface area contributed by atoms with Gasteiger partial charge in [-0.15, -0.1) is 0 Å². The molecule has 1 aromatic heterocycles. The van der Waals surface area contributed by atoms with Crippen LogP contribution in [0.5, 0.6) is 5.75 Å². The molecule has 5 nitrogen and oxygen atoms in total. The quantitative estimate of drug-likeness (QED) is 0.539. The molecule has 2 aromatic rings. The van der Waals surface area contributed by atoms with Crippen LogP contribution >= 0.6 is 19.2 Å². The van der Waals surface area contributed by atoms with E-state index in [4.69, 9.17) is 25.1 Å². The predicted octanol–water partition coefficient (Wildman–Crippen LogP) is 5.31. The monoisotopic (exact) mass is 370 g/mol. The number of rotatable bonds is 4. The van der Waals surface area contributed by atoms with E-state index in [2.05, 4.69) is 0 Å². The molecule has 130 valence electrons. The minimum Gasteiger partial charge on any atom is -0.424 e. The number of benzene rings is 1. The molecule has 1 heterocycles. The number of hydrogen-bond donors (Lipinski definition) is 0. The number of halogens is 1. The van der Waals surface area contributed by atoms with Gasteiger partial charge in [0.25, 0.3) is 0 Å². The first-order valence-electron chi connectivity index (χ1n) is 8.04. The molecule has 0 amide bonds. The fourth-order valence-electron chi connectivity index (χ4n) is 3.02. The molecule has 0 radical (unpaired) electrons. The zero-order valence-corrected chi connectivity index (χ0v) is 15.4. The van der Waals surface area contributed by atoms with Gasteiger partial charge in [-0.1, -0.05) is 30.9 Å². The molecule has 7 heteroatoms. The van der Waals surface area contributed by atoms with Gasteiger partial charge in [-0.25, -0.2) is 9.36 Å². The summed E-state index contributed by atoms with van der Waals surface area (Å²) in [4.78, 5) is 11.7. The van der Waals surface area contributed by atoms with Gasteiger partial charge in [0.1, 0.15) is 16.4 Å². The van der Waals surface area contributed by atoms with Crippen molar-refractivity contribution in [2.45, 2.75) is 45.1 Å². The smallest absolute Gasteiger partial charge is 0.376 e. The molecule has 3 rings (SSSR count). The van der Waals surface area contributed by atoms with Crippen molar-refractivity contribution in [2.24, 2.45) is 0 Å². The molecular weight excluding hydrogens is 351 g/mol. The molecule has 1 aliphatic rings. The third kappa shape index (κ3) is 3.85. The molecule has 1 aliphatic carbocycles. The molecule has 1 aromatic carbocycles. The average Bonchev–Trinajstić information content (AvgIpc) is 2.52. The van der Waals surface area contributed by atoms with Crippen LogP contribution in [0.1, 0.15) is 37.7 Å². The van der Waals surface area contributed by atoms with Crippen molar-refractivity contribution in [3.05, 3.63) is 39.2 Å². The lowest BCUT2D eigenvalue weighted by atomic mass is 9.98. The average molecular weight is 371 g/mol. The van der Waals surface area contributed by atoms with Crippen LogP contribution in [0.3, 0.4) is 0 Å². The zero-order chi connectivity index (χ0) is 17.3. The van der Waals surface area contributed by atoms with Crippen LogP contribution in [0.4, 0.5) is 0 Å². The van der Waals surface area contributed by atoms with Crippen LogP contribution in [0.15, 0.2) is 27.4 Å². The van der Waals surface area contributed by atoms with Gasteiger partial charge < -0.3 is 8.94 Å². The molecule has 0 aliphatic heterocycles. The third-order valence-electron chi connectivity index (χ3n) is 4.23. The van der Waals surface area contributed by atoms with E-state index in [1.165, 1.54) is 13.1 Å². The van der Waals surface area contributed by atoms with E-state index < -0.39 is 13.2 Å². The van der Waals surface area contributed by atoms with Gasteiger partial charge in [-0.3, -0.25) is 4.52 Å². The van der Waals surface area contributed by atoms with Gasteiger partial charge in [-0.05, 0) is 37.5 Å². The van der Waals surface area contributed by atoms with Crippen molar-refractivity contribution in [1.82, 2.24) is 0 Å². The molecule has 0 N–H and O–H groups in total. The van der Waals surface area contributed by atoms with Crippen LogP contribution in [0, 0.1) is 6.92 Å². The second-order valence-corrected chi connectivity index (χ2v) is 8.53. The summed E-state index contributed by atoms with van der Waals surface area (Å²) in [5.41, 5.74) is 0.390. The van der Waals surface area contributed by atoms with Crippen LogP contribution in [-0.4, -0.2) is 12.8 Å². The normalized spacial score (nSPS) is 18.5. The first-order chi connectivity index (χ1) is 11.4. The maximum atomic E-state index is 12.6. The molecule has 0 saturated heterocycles. The highest BCUT2D eigenvalue weighted by Crippen LogP contribution is 2.47. The zero-order valence-electron chi connectivity index (χ0n) is 13.7. The Labute approximate surface area is 145 Å². The molecular formula is C17H20ClO5P. The van der Waals surface area contributed by atoms with E-state index in [1.54, 1.807) is 25.1 Å². The Bertz CT molecular complexity index is 854. The number of aryl methyl sites for hydroxylation is 1. The standard InChI is InChI=1S/C17H20ClO5P/c1-11-14-9-8-13(10-15(14)21-17(19)16(11)18)23-24(2,20)22-12-6-4-3-5-7-12/h8-10,12H,3-7H2,1-2H3/t24-/m0/s1. The molecule has 1 atom stereocenters. The summed E-state index contributed by atoms with van der Waals surface area (Å²) in [5, 5.41) is 0.782. The third-order valence-corrected chi connectivity index (χ3v) is 5.89. The predicted molar refractivity (Wildman–Crippen MR) is 94.3 cm³/mol. The van der Waals surface area contributed by atoms with E-state index in [1.807, 2.05) is 0 Å². The Morgan fingerprint density at radius 3 is 2.67 bits per heavy atom. The van der Waals surface area contributed by atoms with E-state index >= 15 is 0 Å². The van der Waals surface area contributed by atoms with Crippen molar-refractivity contribution < 1.29 is 18.0 Å². The van der Waals surface area contributed by atoms with E-state index in [0.717, 1.165) is 25.7 Å². The van der Waals surface area contributed by atoms with Crippen molar-refractivity contribution in [3.8, 4) is 5.75 Å². The lowest BCUT2D eigenvalue weighted by Crippen LogP contribution is -2.16. The van der Waals surface area contributed by atoms with Crippen LogP contribution in [-0.2, 0) is 9.09 Å². The van der Waals surface area contributed by atoms with Crippen molar-refractivity contribution >= 4 is 30.2 Å². The van der Waals surface area contributed by atoms with Crippen molar-refractivity contribution in [3.63, 3.8) is 0 Å². The summed E-state index contributed by atoms with van der Waals surface area (Å²) in [6, 6.07) is 4.95. The summed E-state index contributed by atoms with van der Waals surface area (Å²) in [7, 11) is -3.24. The van der Waals surface area contributed by atoms with Crippen LogP contribution < -0.4 is 10.1 Å². The van der Waals surface area contributed by atoms with Gasteiger partial charge in [0.05, 0.1) is 6.10 Å². The fraction of sp³-hybridized carbons (Fsp3) is 0.471. The molecule has 24 heavy (non-hydrogen) atoms. The van der Waals surface area contributed by atoms with Crippen molar-refractivity contribution in [1.29, 1.82) is 0 Å². The second kappa shape index (κ2) is 6.91. The summed E-state index contributed by atoms with van der Waals surface area (Å²) in [6.07, 6.45) is 5.17. The number of hydrogen-bond acceptors (Lipinski definition) is 5. The summed E-state index contributed by atoms with van der Waals surface area (Å²) >= 11 is 5.91. The summed E-state index contributed by atoms with van der Waals surface area (Å²) in [5.74, 6) is 0.342. The van der Waals surface area contributed by atoms with Crippen LogP contribution in [0.25, 0.3) is 11.0 Å². The largest absolute Gasteiger partial charge is 0.424 e.